The zero-order chi connectivity index (χ0) is 84.0. The normalized spacial score (nSPS) is 15.2. The number of likely N-dealkylation sites (tertiary alicyclic amines) is 1. The number of carboxylic acids is 1. The van der Waals surface area contributed by atoms with Crippen LogP contribution in [0.5, 0.6) is 0 Å². The number of unbranched alkanes of at least 4 members (excludes halogenated alkanes) is 2. The van der Waals surface area contributed by atoms with Gasteiger partial charge in [0.1, 0.15) is 28.8 Å². The molecule has 3 aromatic carbocycles. The molecule has 0 spiro atoms. The summed E-state index contributed by atoms with van der Waals surface area (Å²) in [5.41, 5.74) is 8.20. The second-order valence-electron chi connectivity index (χ2n) is 30.5. The van der Waals surface area contributed by atoms with Crippen LogP contribution < -0.4 is 47.9 Å². The van der Waals surface area contributed by atoms with E-state index in [0.29, 0.717) is 73.7 Å². The Labute approximate surface area is 680 Å². The summed E-state index contributed by atoms with van der Waals surface area (Å²) < 4.78 is 28.4. The number of piperidine rings is 1. The van der Waals surface area contributed by atoms with Crippen molar-refractivity contribution in [3.05, 3.63) is 111 Å². The largest absolute Gasteiger partial charge is 0.481 e. The number of fused-ring (bicyclic) bond motifs is 2. The number of aliphatic carboxylic acids is 1. The van der Waals surface area contributed by atoms with E-state index in [1.165, 1.54) is 12.3 Å². The minimum Gasteiger partial charge on any atom is -0.481 e. The Hall–Kier alpha value is -9.82. The first-order valence-corrected chi connectivity index (χ1v) is 40.9. The minimum atomic E-state index is -1.32. The smallest absolute Gasteiger partial charge is 0.312 e. The fourth-order valence-corrected chi connectivity index (χ4v) is 14.3. The summed E-state index contributed by atoms with van der Waals surface area (Å²) in [4.78, 5) is 158. The van der Waals surface area contributed by atoms with Gasteiger partial charge in [-0.1, -0.05) is 109 Å². The molecule has 3 heterocycles. The monoisotopic (exact) mass is 1610 g/mol. The summed E-state index contributed by atoms with van der Waals surface area (Å²) >= 11 is 1.10. The quantitative estimate of drug-likeness (QED) is 0.0115. The fraction of sp³-hybridized carbons (Fsp3) is 0.576. The van der Waals surface area contributed by atoms with Crippen LogP contribution in [0.15, 0.2) is 78.2 Å². The molecule has 1 saturated heterocycles. The summed E-state index contributed by atoms with van der Waals surface area (Å²) in [6.07, 6.45) is 10.0. The first-order valence-electron chi connectivity index (χ1n) is 40.0. The first kappa shape index (κ1) is 94.0. The number of hydrogen-bond donors (Lipinski definition) is 9. The molecule has 30 heteroatoms. The molecule has 628 valence electrons. The highest BCUT2D eigenvalue weighted by molar-refractivity contribution is 7.09. The molecule has 0 radical (unpaired) electrons. The lowest BCUT2D eigenvalue weighted by molar-refractivity contribution is -0.150. The van der Waals surface area contributed by atoms with Gasteiger partial charge in [-0.15, -0.1) is 23.7 Å². The number of amides is 10. The maximum absolute atomic E-state index is 15.1. The van der Waals surface area contributed by atoms with Crippen LogP contribution in [0.25, 0.3) is 0 Å². The number of thiazole rings is 1. The standard InChI is InChI=1S/C85H120N12O17S/c1-12-14-15-21-42-96(82(106)76(58(7)13-2)94-79(104)69-29-20-22-41-95(69)11)70(56(3)4)52-71(114-59(8)98)81-92-67(55-115-81)78(103)90-65(53-85(9,10)83(107)108)51-60-30-34-64(35-31-60)89-77(102)66(27-23-39-88-84(86)109)91-80(105)75(57(5)6)93-73(100)38-43-110-45-47-112-49-50-113-48-46-111-44-40-87-72(99)36-37-74(101)97-54-63-26-17-16-24-61(63)32-33-62-25-18-19-28-68(62)97/h1,16-19,24-26,28,30-31,34-35,55-58,65-66,69-71,75-76H,13-15,20-23,27,29,36-54H2,2-11H3,(H,87,99)(H,89,102)(H,90,103)(H,91,105)(H,93,100)(H,94,104)(H,107,108)(H3,86,88,109)/t58-,65-,66-,69+,70+,71+,75-,76-/m0/s1. The predicted octanol–water partition coefficient (Wildman–Crippen LogP) is 7.96. The number of likely N-dealkylation sites (N-methyl/N-ethyl adjacent to an activating group) is 1. The van der Waals surface area contributed by atoms with Crippen molar-refractivity contribution in [2.75, 3.05) is 96.3 Å². The molecule has 8 atom stereocenters. The number of anilines is 2. The number of aromatic nitrogens is 1. The highest BCUT2D eigenvalue weighted by Crippen LogP contribution is 2.34. The van der Waals surface area contributed by atoms with Crippen LogP contribution in [0.4, 0.5) is 16.2 Å². The molecule has 115 heavy (non-hydrogen) atoms. The van der Waals surface area contributed by atoms with Gasteiger partial charge in [-0.2, -0.15) is 0 Å². The Morgan fingerprint density at radius 2 is 1.40 bits per heavy atom. The Balaban J connectivity index is 0.958. The van der Waals surface area contributed by atoms with Crippen molar-refractivity contribution in [3.8, 4) is 24.2 Å². The third kappa shape index (κ3) is 32.1. The number of benzene rings is 3. The molecule has 1 aromatic heterocycles. The lowest BCUT2D eigenvalue weighted by atomic mass is 9.84. The lowest BCUT2D eigenvalue weighted by Gasteiger charge is -2.40. The number of para-hydroxylation sites is 1. The summed E-state index contributed by atoms with van der Waals surface area (Å²) in [7, 11) is 1.92. The van der Waals surface area contributed by atoms with Crippen LogP contribution in [-0.4, -0.2) is 207 Å². The lowest BCUT2D eigenvalue weighted by Crippen LogP contribution is -2.59. The van der Waals surface area contributed by atoms with E-state index in [1.54, 1.807) is 61.8 Å². The van der Waals surface area contributed by atoms with Crippen molar-refractivity contribution in [1.29, 1.82) is 0 Å². The van der Waals surface area contributed by atoms with E-state index in [4.69, 9.17) is 40.8 Å². The minimum absolute atomic E-state index is 0.0135. The maximum atomic E-state index is 15.1. The number of carboxylic acid groups (broad SMARTS) is 1. The Morgan fingerprint density at radius 3 is 2.04 bits per heavy atom. The third-order valence-corrected chi connectivity index (χ3v) is 21.1. The topological polar surface area (TPSA) is 387 Å². The number of nitrogens with two attached hydrogens (primary N) is 1. The first-order chi connectivity index (χ1) is 55.0. The van der Waals surface area contributed by atoms with E-state index in [0.717, 1.165) is 47.4 Å². The molecule has 0 saturated carbocycles. The van der Waals surface area contributed by atoms with Crippen LogP contribution in [0.3, 0.4) is 0 Å². The molecule has 29 nitrogen and oxygen atoms in total. The highest BCUT2D eigenvalue weighted by Gasteiger charge is 2.40. The van der Waals surface area contributed by atoms with Crippen molar-refractivity contribution in [2.24, 2.45) is 28.9 Å². The molecule has 0 unspecified atom stereocenters. The van der Waals surface area contributed by atoms with E-state index < -0.39 is 89.2 Å². The Bertz CT molecular complexity index is 3960. The third-order valence-electron chi connectivity index (χ3n) is 20.2. The van der Waals surface area contributed by atoms with Crippen LogP contribution in [-0.2, 0) is 79.8 Å². The molecular formula is C85H120N12O17S. The van der Waals surface area contributed by atoms with E-state index in [-0.39, 0.29) is 158 Å². The number of carbonyl (C=O) groups is 11. The second-order valence-corrected chi connectivity index (χ2v) is 31.4. The number of terminal acetylenes is 1. The Kier molecular flexibility index (Phi) is 40.2. The predicted molar refractivity (Wildman–Crippen MR) is 438 cm³/mol. The van der Waals surface area contributed by atoms with Crippen LogP contribution in [0.2, 0.25) is 0 Å². The average Bonchev–Trinajstić information content (AvgIpc) is 1.80. The molecule has 4 aromatic rings. The molecule has 1 fully saturated rings. The molecule has 6 rings (SSSR count). The molecule has 0 aliphatic carbocycles. The number of nitrogens with zero attached hydrogens (tertiary/aromatic N) is 4. The molecular weight excluding hydrogens is 1490 g/mol. The summed E-state index contributed by atoms with van der Waals surface area (Å²) in [5.74, 6) is 3.31. The molecule has 2 aliphatic heterocycles. The van der Waals surface area contributed by atoms with Crippen molar-refractivity contribution >= 4 is 87.9 Å². The van der Waals surface area contributed by atoms with Gasteiger partial charge in [-0.25, -0.2) is 9.78 Å². The molecule has 10 amide bonds. The number of carbonyl (C=O) groups excluding carboxylic acids is 10. The number of primary amides is 1. The number of nitrogens with one attached hydrogen (secondary N) is 7. The van der Waals surface area contributed by atoms with Gasteiger partial charge in [-0.3, -0.25) is 52.8 Å². The molecule has 0 bridgehead atoms. The number of esters is 1. The van der Waals surface area contributed by atoms with Crippen LogP contribution >= 0.6 is 11.3 Å². The van der Waals surface area contributed by atoms with Gasteiger partial charge in [0.05, 0.1) is 76.5 Å². The van der Waals surface area contributed by atoms with E-state index >= 15 is 4.79 Å². The number of rotatable bonds is 50. The number of ether oxygens (including phenoxy) is 5. The summed E-state index contributed by atoms with van der Waals surface area (Å²) in [5, 5.41) is 31.9. The summed E-state index contributed by atoms with van der Waals surface area (Å²) in [6, 6.07) is 16.3. The van der Waals surface area contributed by atoms with Crippen molar-refractivity contribution in [2.45, 2.75) is 208 Å². The zero-order valence-corrected chi connectivity index (χ0v) is 69.2. The van der Waals surface area contributed by atoms with Gasteiger partial charge in [0.25, 0.3) is 5.91 Å². The Morgan fingerprint density at radius 1 is 0.739 bits per heavy atom. The maximum Gasteiger partial charge on any atom is 0.312 e. The van der Waals surface area contributed by atoms with Gasteiger partial charge in [-0.05, 0) is 138 Å². The molecule has 10 N–H and O–H groups in total. The number of hydrogen-bond acceptors (Lipinski definition) is 19. The zero-order valence-electron chi connectivity index (χ0n) is 68.4. The van der Waals surface area contributed by atoms with Gasteiger partial charge in [0.15, 0.2) is 6.10 Å². The van der Waals surface area contributed by atoms with Crippen molar-refractivity contribution in [1.82, 2.24) is 46.7 Å². The fourth-order valence-electron chi connectivity index (χ4n) is 13.4. The van der Waals surface area contributed by atoms with Crippen LogP contribution in [0, 0.1) is 47.4 Å². The van der Waals surface area contributed by atoms with Gasteiger partial charge in [0.2, 0.25) is 41.4 Å². The SMILES string of the molecule is C#CCCCCN(C(=O)[C@@H](NC(=O)[C@H]1CCCCN1C)[C@@H](C)CC)[C@H](C[C@@H](OC(C)=O)c1nc(C(=O)N[C@@H](Cc2ccc(NC(=O)[C@H](CCCNC(N)=O)NC(=O)[C@@H](NC(=O)CCOCCOCCOCCOCCNC(=O)CCC(=O)N3Cc4ccccc4C#Cc4ccccc43)C(C)C)cc2)CC(C)(C)C(=O)O)cs1)C(C)C. The molecule has 2 aliphatic rings. The van der Waals surface area contributed by atoms with Crippen molar-refractivity contribution < 1.29 is 81.5 Å². The number of urea groups is 1. The van der Waals surface area contributed by atoms with E-state index in [9.17, 15) is 53.1 Å². The van der Waals surface area contributed by atoms with Crippen LogP contribution in [0.1, 0.15) is 196 Å². The van der Waals surface area contributed by atoms with Crippen molar-refractivity contribution in [3.63, 3.8) is 0 Å². The van der Waals surface area contributed by atoms with Gasteiger partial charge < -0.3 is 81.5 Å². The van der Waals surface area contributed by atoms with Gasteiger partial charge in [0, 0.05) is 92.9 Å². The average molecular weight is 1610 g/mol. The summed E-state index contributed by atoms with van der Waals surface area (Å²) in [6.45, 7) is 19.3. The van der Waals surface area contributed by atoms with Gasteiger partial charge >= 0.3 is 18.0 Å². The second kappa shape index (κ2) is 49.2. The van der Waals surface area contributed by atoms with E-state index in [1.807, 2.05) is 88.2 Å². The highest BCUT2D eigenvalue weighted by atomic mass is 32.1. The van der Waals surface area contributed by atoms with E-state index in [2.05, 4.69) is 55.0 Å².